The lowest BCUT2D eigenvalue weighted by Gasteiger charge is -2.41. The van der Waals surface area contributed by atoms with Crippen LogP contribution < -0.4 is 10.6 Å². The quantitative estimate of drug-likeness (QED) is 0.168. The third-order valence-electron chi connectivity index (χ3n) is 6.39. The summed E-state index contributed by atoms with van der Waals surface area (Å²) in [5, 5.41) is 6.62. The highest BCUT2D eigenvalue weighted by molar-refractivity contribution is 5.72. The Bertz CT molecular complexity index is 488. The van der Waals surface area contributed by atoms with E-state index in [-0.39, 0.29) is 12.1 Å². The molecule has 2 N–H and O–H groups in total. The third kappa shape index (κ3) is 9.84. The van der Waals surface area contributed by atoms with Gasteiger partial charge in [-0.25, -0.2) is 0 Å². The van der Waals surface area contributed by atoms with Crippen LogP contribution in [0.1, 0.15) is 111 Å². The normalized spacial score (nSPS) is 22.1. The first-order valence-electron chi connectivity index (χ1n) is 12.3. The van der Waals surface area contributed by atoms with Crippen LogP contribution >= 0.6 is 0 Å². The highest BCUT2D eigenvalue weighted by atomic mass is 16.1. The van der Waals surface area contributed by atoms with Crippen molar-refractivity contribution in [2.75, 3.05) is 6.54 Å². The minimum Gasteiger partial charge on any atom is -0.338 e. The van der Waals surface area contributed by atoms with E-state index in [0.717, 1.165) is 17.4 Å². The predicted octanol–water partition coefficient (Wildman–Crippen LogP) is 6.35. The fourth-order valence-electron chi connectivity index (χ4n) is 4.50. The van der Waals surface area contributed by atoms with Gasteiger partial charge in [-0.15, -0.1) is 0 Å². The van der Waals surface area contributed by atoms with Crippen molar-refractivity contribution in [3.63, 3.8) is 0 Å². The van der Waals surface area contributed by atoms with E-state index in [2.05, 4.69) is 56.0 Å². The van der Waals surface area contributed by atoms with Crippen molar-refractivity contribution in [2.45, 2.75) is 123 Å². The molecule has 1 aliphatic heterocycles. The Morgan fingerprint density at radius 3 is 2.17 bits per heavy atom. The lowest BCUT2D eigenvalue weighted by atomic mass is 10.1. The van der Waals surface area contributed by atoms with E-state index < -0.39 is 0 Å². The molecule has 0 saturated heterocycles. The van der Waals surface area contributed by atoms with Crippen LogP contribution in [-0.4, -0.2) is 29.3 Å². The maximum absolute atomic E-state index is 11.5. The molecule has 4 nitrogen and oxygen atoms in total. The van der Waals surface area contributed by atoms with E-state index in [1.54, 1.807) is 6.92 Å². The van der Waals surface area contributed by atoms with E-state index in [4.69, 9.17) is 0 Å². The Balaban J connectivity index is 2.10. The molecule has 1 amide bonds. The van der Waals surface area contributed by atoms with E-state index in [1.165, 1.54) is 77.0 Å². The van der Waals surface area contributed by atoms with Crippen LogP contribution in [0.15, 0.2) is 24.6 Å². The molecular formula is C25H48N3O+. The molecule has 1 rings (SSSR count). The van der Waals surface area contributed by atoms with E-state index in [9.17, 15) is 4.79 Å². The zero-order chi connectivity index (χ0) is 21.4. The summed E-state index contributed by atoms with van der Waals surface area (Å²) < 4.78 is 0.808. The standard InChI is InChI=1S/C25H47N3O/c1-5-7-8-9-10-11-12-13-14-15-16-17-18-19-20-25-26-21-22-28(25,6-2)23(3)27-24(4)29/h12-13,21-23,25-26H,5-11,14-20H2,1-4H3/p+1/b13-12+. The van der Waals surface area contributed by atoms with Gasteiger partial charge in [0.15, 0.2) is 12.3 Å². The topological polar surface area (TPSA) is 41.1 Å². The third-order valence-corrected chi connectivity index (χ3v) is 6.39. The van der Waals surface area contributed by atoms with Crippen LogP contribution in [0, 0.1) is 0 Å². The summed E-state index contributed by atoms with van der Waals surface area (Å²) in [4.78, 5) is 11.5. The summed E-state index contributed by atoms with van der Waals surface area (Å²) in [6.07, 6.45) is 26.7. The molecule has 0 aromatic heterocycles. The van der Waals surface area contributed by atoms with Crippen LogP contribution in [0.25, 0.3) is 0 Å². The summed E-state index contributed by atoms with van der Waals surface area (Å²) in [6.45, 7) is 9.19. The van der Waals surface area contributed by atoms with Gasteiger partial charge in [0.1, 0.15) is 6.20 Å². The Hall–Kier alpha value is -1.29. The fourth-order valence-corrected chi connectivity index (χ4v) is 4.50. The van der Waals surface area contributed by atoms with Crippen molar-refractivity contribution in [3.05, 3.63) is 24.6 Å². The van der Waals surface area contributed by atoms with Gasteiger partial charge in [-0.3, -0.25) is 9.28 Å². The number of rotatable bonds is 17. The van der Waals surface area contributed by atoms with Crippen molar-refractivity contribution in [1.29, 1.82) is 0 Å². The lowest BCUT2D eigenvalue weighted by Crippen LogP contribution is -2.62. The van der Waals surface area contributed by atoms with Crippen molar-refractivity contribution in [2.24, 2.45) is 0 Å². The number of nitrogens with one attached hydrogen (secondary N) is 2. The molecule has 1 heterocycles. The SMILES string of the molecule is CCCCCCC/C=C/CCCCCCCC1NC=C[N+]1(CC)C(C)NC(C)=O. The van der Waals surface area contributed by atoms with Crippen molar-refractivity contribution < 1.29 is 9.28 Å². The molecular weight excluding hydrogens is 358 g/mol. The van der Waals surface area contributed by atoms with E-state index in [1.807, 2.05) is 0 Å². The van der Waals surface area contributed by atoms with Crippen LogP contribution in [0.5, 0.6) is 0 Å². The molecule has 1 aliphatic rings. The van der Waals surface area contributed by atoms with Crippen molar-refractivity contribution in [1.82, 2.24) is 10.6 Å². The first-order chi connectivity index (χ1) is 14.1. The molecule has 0 fully saturated rings. The summed E-state index contributed by atoms with van der Waals surface area (Å²) >= 11 is 0. The molecule has 0 aromatic carbocycles. The number of carbonyl (C=O) groups is 1. The molecule has 0 spiro atoms. The van der Waals surface area contributed by atoms with Gasteiger partial charge in [0.25, 0.3) is 0 Å². The smallest absolute Gasteiger partial charge is 0.221 e. The first-order valence-corrected chi connectivity index (χ1v) is 12.3. The molecule has 0 aliphatic carbocycles. The van der Waals surface area contributed by atoms with Crippen molar-refractivity contribution >= 4 is 5.91 Å². The molecule has 168 valence electrons. The molecule has 3 unspecified atom stereocenters. The van der Waals surface area contributed by atoms with Gasteiger partial charge in [0, 0.05) is 20.3 Å². The number of hydrogen-bond acceptors (Lipinski definition) is 2. The Kier molecular flexibility index (Phi) is 13.8. The van der Waals surface area contributed by atoms with Gasteiger partial charge in [-0.1, -0.05) is 64.0 Å². The summed E-state index contributed by atoms with van der Waals surface area (Å²) in [6, 6.07) is 0. The highest BCUT2D eigenvalue weighted by Crippen LogP contribution is 2.26. The van der Waals surface area contributed by atoms with Gasteiger partial charge >= 0.3 is 0 Å². The zero-order valence-electron chi connectivity index (χ0n) is 19.7. The minimum absolute atomic E-state index is 0.0491. The Morgan fingerprint density at radius 2 is 1.59 bits per heavy atom. The summed E-state index contributed by atoms with van der Waals surface area (Å²) in [5.74, 6) is 0.0491. The molecule has 4 heteroatoms. The number of carbonyl (C=O) groups excluding carboxylic acids is 1. The maximum atomic E-state index is 11.5. The Labute approximate surface area is 180 Å². The second-order valence-corrected chi connectivity index (χ2v) is 8.71. The molecule has 29 heavy (non-hydrogen) atoms. The number of allylic oxidation sites excluding steroid dienone is 2. The number of hydrogen-bond donors (Lipinski definition) is 2. The summed E-state index contributed by atoms with van der Waals surface area (Å²) in [5.41, 5.74) is 0. The number of unbranched alkanes of at least 4 members (excludes halogenated alkanes) is 10. The van der Waals surface area contributed by atoms with Gasteiger partial charge in [-0.05, 0) is 39.0 Å². The van der Waals surface area contributed by atoms with E-state index in [0.29, 0.717) is 6.17 Å². The maximum Gasteiger partial charge on any atom is 0.221 e. The molecule has 0 radical (unpaired) electrons. The largest absolute Gasteiger partial charge is 0.338 e. The molecule has 0 aromatic rings. The highest BCUT2D eigenvalue weighted by Gasteiger charge is 2.41. The molecule has 0 saturated carbocycles. The van der Waals surface area contributed by atoms with Gasteiger partial charge in [0.2, 0.25) is 5.91 Å². The Morgan fingerprint density at radius 1 is 1.00 bits per heavy atom. The lowest BCUT2D eigenvalue weighted by molar-refractivity contribution is -0.923. The number of nitrogens with zero attached hydrogens (tertiary/aromatic N) is 1. The van der Waals surface area contributed by atoms with Crippen molar-refractivity contribution in [3.8, 4) is 0 Å². The first kappa shape index (κ1) is 25.7. The zero-order valence-corrected chi connectivity index (χ0v) is 19.7. The van der Waals surface area contributed by atoms with Crippen LogP contribution in [0.4, 0.5) is 0 Å². The monoisotopic (exact) mass is 406 g/mol. The number of quaternary nitrogens is 1. The summed E-state index contributed by atoms with van der Waals surface area (Å²) in [7, 11) is 0. The average Bonchev–Trinajstić information content (AvgIpc) is 3.12. The number of amides is 1. The van der Waals surface area contributed by atoms with Crippen LogP contribution in [0.3, 0.4) is 0 Å². The molecule has 0 bridgehead atoms. The average molecular weight is 407 g/mol. The fraction of sp³-hybridized carbons (Fsp3) is 0.800. The van der Waals surface area contributed by atoms with Crippen LogP contribution in [0.2, 0.25) is 0 Å². The second-order valence-electron chi connectivity index (χ2n) is 8.71. The predicted molar refractivity (Wildman–Crippen MR) is 125 cm³/mol. The van der Waals surface area contributed by atoms with Crippen LogP contribution in [-0.2, 0) is 4.79 Å². The van der Waals surface area contributed by atoms with Gasteiger partial charge in [-0.2, -0.15) is 0 Å². The van der Waals surface area contributed by atoms with Gasteiger partial charge in [0.05, 0.1) is 12.7 Å². The molecule has 3 atom stereocenters. The van der Waals surface area contributed by atoms with E-state index >= 15 is 0 Å². The second kappa shape index (κ2) is 15.5. The van der Waals surface area contributed by atoms with Gasteiger partial charge < -0.3 is 10.6 Å². The minimum atomic E-state index is 0.0491.